The highest BCUT2D eigenvalue weighted by Gasteiger charge is 2.27. The van der Waals surface area contributed by atoms with Crippen LogP contribution in [0.1, 0.15) is 15.9 Å². The Labute approximate surface area is 192 Å². The molecule has 3 aromatic rings. The molecule has 0 saturated carbocycles. The van der Waals surface area contributed by atoms with E-state index in [2.05, 4.69) is 5.32 Å². The number of ether oxygens (including phenoxy) is 2. The first-order valence-electron chi connectivity index (χ1n) is 10.0. The van der Waals surface area contributed by atoms with Crippen LogP contribution >= 0.6 is 0 Å². The highest BCUT2D eigenvalue weighted by Crippen LogP contribution is 2.22. The summed E-state index contributed by atoms with van der Waals surface area (Å²) in [4.78, 5) is 24.9. The fourth-order valence-corrected chi connectivity index (χ4v) is 4.52. The number of benzene rings is 3. The Kier molecular flexibility index (Phi) is 7.81. The third-order valence-electron chi connectivity index (χ3n) is 4.83. The molecule has 0 aromatic heterocycles. The fraction of sp³-hybridized carbons (Fsp3) is 0.167. The number of rotatable bonds is 9. The molecule has 172 valence electrons. The van der Waals surface area contributed by atoms with Gasteiger partial charge in [-0.25, -0.2) is 13.2 Å². The minimum absolute atomic E-state index is 0.0126. The van der Waals surface area contributed by atoms with Gasteiger partial charge in [-0.15, -0.1) is 0 Å². The summed E-state index contributed by atoms with van der Waals surface area (Å²) in [7, 11) is -1.29. The van der Waals surface area contributed by atoms with Crippen molar-refractivity contribution in [3.63, 3.8) is 0 Å². The monoisotopic (exact) mass is 468 g/mol. The Bertz CT molecular complexity index is 1210. The Morgan fingerprint density at radius 1 is 0.879 bits per heavy atom. The number of nitrogens with one attached hydrogen (secondary N) is 1. The molecular weight excluding hydrogens is 444 g/mol. The molecule has 0 saturated heterocycles. The predicted octanol–water partition coefficient (Wildman–Crippen LogP) is 3.31. The molecule has 0 aliphatic rings. The normalized spacial score (nSPS) is 11.1. The van der Waals surface area contributed by atoms with Gasteiger partial charge in [0.2, 0.25) is 15.9 Å². The van der Waals surface area contributed by atoms with E-state index in [0.29, 0.717) is 5.75 Å². The number of para-hydroxylation sites is 1. The van der Waals surface area contributed by atoms with E-state index >= 15 is 0 Å². The molecule has 0 heterocycles. The number of methoxy groups -OCH3 is 2. The number of sulfonamides is 1. The predicted molar refractivity (Wildman–Crippen MR) is 123 cm³/mol. The highest BCUT2D eigenvalue weighted by molar-refractivity contribution is 7.89. The molecule has 0 bridgehead atoms. The van der Waals surface area contributed by atoms with Gasteiger partial charge in [-0.2, -0.15) is 4.31 Å². The SMILES string of the molecule is COC(=O)c1ccccc1NC(=O)CN(Cc1ccccc1)S(=O)(=O)c1ccc(OC)cc1. The maximum absolute atomic E-state index is 13.4. The van der Waals surface area contributed by atoms with Crippen molar-refractivity contribution >= 4 is 27.6 Å². The maximum Gasteiger partial charge on any atom is 0.339 e. The zero-order chi connectivity index (χ0) is 23.8. The molecular formula is C24H24N2O6S. The van der Waals surface area contributed by atoms with Crippen LogP contribution in [0, 0.1) is 0 Å². The number of hydrogen-bond donors (Lipinski definition) is 1. The first-order chi connectivity index (χ1) is 15.8. The van der Waals surface area contributed by atoms with E-state index in [1.165, 1.54) is 32.4 Å². The summed E-state index contributed by atoms with van der Waals surface area (Å²) in [6, 6.07) is 21.2. The lowest BCUT2D eigenvalue weighted by Crippen LogP contribution is -2.37. The van der Waals surface area contributed by atoms with Gasteiger partial charge < -0.3 is 14.8 Å². The van der Waals surface area contributed by atoms with Gasteiger partial charge in [0.15, 0.2) is 0 Å². The Balaban J connectivity index is 1.88. The zero-order valence-electron chi connectivity index (χ0n) is 18.2. The molecule has 8 nitrogen and oxygen atoms in total. The maximum atomic E-state index is 13.4. The first kappa shape index (κ1) is 24.0. The van der Waals surface area contributed by atoms with Crippen LogP contribution in [0.4, 0.5) is 5.69 Å². The van der Waals surface area contributed by atoms with Crippen LogP contribution in [0.2, 0.25) is 0 Å². The third kappa shape index (κ3) is 5.97. The zero-order valence-corrected chi connectivity index (χ0v) is 19.0. The highest BCUT2D eigenvalue weighted by atomic mass is 32.2. The van der Waals surface area contributed by atoms with Crippen molar-refractivity contribution in [3.8, 4) is 5.75 Å². The number of carbonyl (C=O) groups is 2. The summed E-state index contributed by atoms with van der Waals surface area (Å²) in [5, 5.41) is 2.62. The molecule has 0 atom stereocenters. The average Bonchev–Trinajstić information content (AvgIpc) is 2.84. The molecule has 0 fully saturated rings. The van der Waals surface area contributed by atoms with E-state index in [9.17, 15) is 18.0 Å². The lowest BCUT2D eigenvalue weighted by atomic mass is 10.2. The minimum atomic E-state index is -4.02. The van der Waals surface area contributed by atoms with Gasteiger partial charge in [0.1, 0.15) is 5.75 Å². The molecule has 0 aliphatic carbocycles. The second-order valence-corrected chi connectivity index (χ2v) is 8.96. The molecule has 33 heavy (non-hydrogen) atoms. The quantitative estimate of drug-likeness (QED) is 0.484. The Morgan fingerprint density at radius 2 is 1.52 bits per heavy atom. The summed E-state index contributed by atoms with van der Waals surface area (Å²) in [5.41, 5.74) is 1.12. The van der Waals surface area contributed by atoms with Crippen molar-refractivity contribution in [2.75, 3.05) is 26.1 Å². The number of amides is 1. The molecule has 0 spiro atoms. The van der Waals surface area contributed by atoms with Crippen LogP contribution < -0.4 is 10.1 Å². The van der Waals surface area contributed by atoms with Crippen molar-refractivity contribution in [3.05, 3.63) is 90.0 Å². The topological polar surface area (TPSA) is 102 Å². The van der Waals surface area contributed by atoms with Gasteiger partial charge in [-0.1, -0.05) is 42.5 Å². The van der Waals surface area contributed by atoms with Gasteiger partial charge in [-0.3, -0.25) is 4.79 Å². The second-order valence-electron chi connectivity index (χ2n) is 7.02. The molecule has 1 amide bonds. The largest absolute Gasteiger partial charge is 0.497 e. The van der Waals surface area contributed by atoms with E-state index in [1.807, 2.05) is 6.07 Å². The van der Waals surface area contributed by atoms with E-state index < -0.39 is 28.4 Å². The molecule has 0 aliphatic heterocycles. The Hall–Kier alpha value is -3.69. The van der Waals surface area contributed by atoms with Crippen LogP contribution in [0.3, 0.4) is 0 Å². The van der Waals surface area contributed by atoms with Gasteiger partial charge in [0.25, 0.3) is 0 Å². The average molecular weight is 469 g/mol. The summed E-state index contributed by atoms with van der Waals surface area (Å²) in [6.45, 7) is -0.472. The second kappa shape index (κ2) is 10.8. The molecule has 0 radical (unpaired) electrons. The standard InChI is InChI=1S/C24H24N2O6S/c1-31-19-12-14-20(15-13-19)33(29,30)26(16-18-8-4-3-5-9-18)17-23(27)25-22-11-7-6-10-21(22)24(28)32-2/h3-15H,16-17H2,1-2H3,(H,25,27). The van der Waals surface area contributed by atoms with Crippen LogP contribution in [0.5, 0.6) is 5.75 Å². The summed E-state index contributed by atoms with van der Waals surface area (Å²) in [5.74, 6) is -0.696. The van der Waals surface area contributed by atoms with Gasteiger partial charge in [0, 0.05) is 6.54 Å². The van der Waals surface area contributed by atoms with E-state index in [1.54, 1.807) is 54.6 Å². The minimum Gasteiger partial charge on any atom is -0.497 e. The van der Waals surface area contributed by atoms with Crippen molar-refractivity contribution in [1.82, 2.24) is 4.31 Å². The number of anilines is 1. The lowest BCUT2D eigenvalue weighted by Gasteiger charge is -2.22. The van der Waals surface area contributed by atoms with Crippen LogP contribution in [0.15, 0.2) is 83.8 Å². The van der Waals surface area contributed by atoms with Crippen molar-refractivity contribution in [2.24, 2.45) is 0 Å². The number of esters is 1. The summed E-state index contributed by atoms with van der Waals surface area (Å²) >= 11 is 0. The number of carbonyl (C=O) groups excluding carboxylic acids is 2. The third-order valence-corrected chi connectivity index (χ3v) is 6.63. The lowest BCUT2D eigenvalue weighted by molar-refractivity contribution is -0.116. The summed E-state index contributed by atoms with van der Waals surface area (Å²) in [6.07, 6.45) is 0. The smallest absolute Gasteiger partial charge is 0.339 e. The molecule has 3 rings (SSSR count). The van der Waals surface area contributed by atoms with Crippen LogP contribution in [0.25, 0.3) is 0 Å². The van der Waals surface area contributed by atoms with E-state index in [4.69, 9.17) is 9.47 Å². The molecule has 9 heteroatoms. The van der Waals surface area contributed by atoms with Crippen LogP contribution in [-0.2, 0) is 26.1 Å². The van der Waals surface area contributed by atoms with E-state index in [0.717, 1.165) is 9.87 Å². The first-order valence-corrected chi connectivity index (χ1v) is 11.4. The molecule has 0 unspecified atom stereocenters. The number of nitrogens with zero attached hydrogens (tertiary/aromatic N) is 1. The van der Waals surface area contributed by atoms with Crippen molar-refractivity contribution in [2.45, 2.75) is 11.4 Å². The van der Waals surface area contributed by atoms with Gasteiger partial charge in [0.05, 0.1) is 36.9 Å². The van der Waals surface area contributed by atoms with Crippen LogP contribution in [-0.4, -0.2) is 45.4 Å². The van der Waals surface area contributed by atoms with E-state index in [-0.39, 0.29) is 22.7 Å². The van der Waals surface area contributed by atoms with Crippen molar-refractivity contribution in [1.29, 1.82) is 0 Å². The molecule has 3 aromatic carbocycles. The summed E-state index contributed by atoms with van der Waals surface area (Å²) < 4.78 is 37.7. The van der Waals surface area contributed by atoms with Crippen molar-refractivity contribution < 1.29 is 27.5 Å². The fourth-order valence-electron chi connectivity index (χ4n) is 3.14. The number of hydrogen-bond acceptors (Lipinski definition) is 6. The van der Waals surface area contributed by atoms with Gasteiger partial charge >= 0.3 is 5.97 Å². The van der Waals surface area contributed by atoms with Gasteiger partial charge in [-0.05, 0) is 42.0 Å². The molecule has 1 N–H and O–H groups in total. The Morgan fingerprint density at radius 3 is 2.15 bits per heavy atom.